The summed E-state index contributed by atoms with van der Waals surface area (Å²) < 4.78 is 22.8. The first kappa shape index (κ1) is 20.4. The van der Waals surface area contributed by atoms with Gasteiger partial charge < -0.3 is 14.8 Å². The molecular weight excluding hydrogens is 373 g/mol. The van der Waals surface area contributed by atoms with Crippen molar-refractivity contribution >= 4 is 35.1 Å². The summed E-state index contributed by atoms with van der Waals surface area (Å²) in [6.45, 7) is -0.401. The molecule has 2 rings (SSSR count). The smallest absolute Gasteiger partial charge is 0.316 e. The number of anilines is 1. The standard InChI is InChI=1S/C19H18FNO5S/c1-25-17-5-3-2-4-15(17)16(22)10-26-19(24)12-27-11-18(23)21-14-8-6-13(20)7-9-14/h2-9H,10-12H2,1H3,(H,21,23). The number of ether oxygens (including phenoxy) is 2. The van der Waals surface area contributed by atoms with Crippen molar-refractivity contribution in [1.29, 1.82) is 0 Å². The van der Waals surface area contributed by atoms with Crippen LogP contribution in [0.1, 0.15) is 10.4 Å². The van der Waals surface area contributed by atoms with Crippen LogP contribution in [0.2, 0.25) is 0 Å². The van der Waals surface area contributed by atoms with Crippen molar-refractivity contribution in [2.45, 2.75) is 0 Å². The molecule has 0 aliphatic heterocycles. The van der Waals surface area contributed by atoms with Crippen LogP contribution in [0.25, 0.3) is 0 Å². The van der Waals surface area contributed by atoms with Gasteiger partial charge in [0.25, 0.3) is 0 Å². The number of amides is 1. The van der Waals surface area contributed by atoms with Gasteiger partial charge in [0.1, 0.15) is 11.6 Å². The van der Waals surface area contributed by atoms with Gasteiger partial charge in [-0.3, -0.25) is 14.4 Å². The number of halogens is 1. The van der Waals surface area contributed by atoms with Crippen molar-refractivity contribution in [3.8, 4) is 5.75 Å². The lowest BCUT2D eigenvalue weighted by Crippen LogP contribution is -2.18. The van der Waals surface area contributed by atoms with E-state index in [-0.39, 0.29) is 23.2 Å². The maximum absolute atomic E-state index is 12.8. The zero-order valence-corrected chi connectivity index (χ0v) is 15.4. The van der Waals surface area contributed by atoms with Crippen LogP contribution >= 0.6 is 11.8 Å². The predicted octanol–water partition coefficient (Wildman–Crippen LogP) is 2.93. The maximum atomic E-state index is 12.8. The van der Waals surface area contributed by atoms with Gasteiger partial charge in [0.05, 0.1) is 24.2 Å². The van der Waals surface area contributed by atoms with Crippen LogP contribution in [0, 0.1) is 5.82 Å². The number of rotatable bonds is 9. The summed E-state index contributed by atoms with van der Waals surface area (Å²) in [5.74, 6) is -1.34. The predicted molar refractivity (Wildman–Crippen MR) is 101 cm³/mol. The van der Waals surface area contributed by atoms with E-state index in [1.807, 2.05) is 0 Å². The van der Waals surface area contributed by atoms with Gasteiger partial charge in [-0.2, -0.15) is 0 Å². The number of hydrogen-bond donors (Lipinski definition) is 1. The highest BCUT2D eigenvalue weighted by atomic mass is 32.2. The Morgan fingerprint density at radius 2 is 1.74 bits per heavy atom. The normalized spacial score (nSPS) is 10.1. The number of para-hydroxylation sites is 1. The zero-order valence-electron chi connectivity index (χ0n) is 14.6. The molecule has 0 bridgehead atoms. The molecule has 0 atom stereocenters. The Bertz CT molecular complexity index is 810. The lowest BCUT2D eigenvalue weighted by molar-refractivity contribution is -0.139. The Hall–Kier alpha value is -2.87. The number of ketones is 1. The molecular formula is C19H18FNO5S. The van der Waals surface area contributed by atoms with E-state index in [0.717, 1.165) is 11.8 Å². The van der Waals surface area contributed by atoms with E-state index in [1.165, 1.54) is 31.4 Å². The number of esters is 1. The molecule has 0 aromatic heterocycles. The van der Waals surface area contributed by atoms with Gasteiger partial charge >= 0.3 is 5.97 Å². The molecule has 0 aliphatic rings. The SMILES string of the molecule is COc1ccccc1C(=O)COC(=O)CSCC(=O)Nc1ccc(F)cc1. The van der Waals surface area contributed by atoms with Crippen molar-refractivity contribution in [2.75, 3.05) is 30.5 Å². The highest BCUT2D eigenvalue weighted by Gasteiger charge is 2.14. The number of carbonyl (C=O) groups excluding carboxylic acids is 3. The molecule has 27 heavy (non-hydrogen) atoms. The Labute approximate surface area is 160 Å². The quantitative estimate of drug-likeness (QED) is 0.523. The van der Waals surface area contributed by atoms with Gasteiger partial charge in [-0.15, -0.1) is 11.8 Å². The monoisotopic (exact) mass is 391 g/mol. The molecule has 2 aromatic carbocycles. The third-order valence-electron chi connectivity index (χ3n) is 3.35. The molecule has 0 saturated carbocycles. The Balaban J connectivity index is 1.69. The van der Waals surface area contributed by atoms with Crippen LogP contribution in [-0.4, -0.2) is 42.9 Å². The molecule has 0 unspecified atom stereocenters. The molecule has 0 fully saturated rings. The number of methoxy groups -OCH3 is 1. The second-order valence-corrected chi connectivity index (χ2v) is 6.32. The molecule has 0 spiro atoms. The summed E-state index contributed by atoms with van der Waals surface area (Å²) >= 11 is 1.05. The number of Topliss-reactive ketones (excluding diaryl/α,β-unsaturated/α-hetero) is 1. The van der Waals surface area contributed by atoms with Crippen molar-refractivity contribution in [1.82, 2.24) is 0 Å². The highest BCUT2D eigenvalue weighted by molar-refractivity contribution is 8.00. The topological polar surface area (TPSA) is 81.7 Å². The van der Waals surface area contributed by atoms with Gasteiger partial charge in [0.15, 0.2) is 6.61 Å². The van der Waals surface area contributed by atoms with E-state index in [2.05, 4.69) is 5.32 Å². The fourth-order valence-electron chi connectivity index (χ4n) is 2.10. The first-order chi connectivity index (χ1) is 13.0. The summed E-state index contributed by atoms with van der Waals surface area (Å²) in [5, 5.41) is 2.58. The molecule has 8 heteroatoms. The van der Waals surface area contributed by atoms with Crippen LogP contribution in [0.4, 0.5) is 10.1 Å². The summed E-state index contributed by atoms with van der Waals surface area (Å²) in [4.78, 5) is 35.5. The molecule has 0 aliphatic carbocycles. The maximum Gasteiger partial charge on any atom is 0.316 e. The van der Waals surface area contributed by atoms with Gasteiger partial charge in [-0.1, -0.05) is 12.1 Å². The van der Waals surface area contributed by atoms with E-state index in [1.54, 1.807) is 24.3 Å². The summed E-state index contributed by atoms with van der Waals surface area (Å²) in [5.41, 5.74) is 0.797. The van der Waals surface area contributed by atoms with Crippen molar-refractivity contribution in [3.05, 3.63) is 59.9 Å². The highest BCUT2D eigenvalue weighted by Crippen LogP contribution is 2.18. The summed E-state index contributed by atoms with van der Waals surface area (Å²) in [6, 6.07) is 12.0. The zero-order chi connectivity index (χ0) is 19.6. The van der Waals surface area contributed by atoms with Gasteiger partial charge in [0.2, 0.25) is 11.7 Å². The molecule has 6 nitrogen and oxygen atoms in total. The molecule has 0 radical (unpaired) electrons. The van der Waals surface area contributed by atoms with E-state index in [0.29, 0.717) is 17.0 Å². The first-order valence-electron chi connectivity index (χ1n) is 7.94. The Morgan fingerprint density at radius 3 is 2.44 bits per heavy atom. The second-order valence-electron chi connectivity index (χ2n) is 5.33. The van der Waals surface area contributed by atoms with E-state index in [9.17, 15) is 18.8 Å². The first-order valence-corrected chi connectivity index (χ1v) is 9.10. The third kappa shape index (κ3) is 6.74. The number of nitrogens with one attached hydrogen (secondary N) is 1. The van der Waals surface area contributed by atoms with Crippen molar-refractivity contribution in [2.24, 2.45) is 0 Å². The number of thioether (sulfide) groups is 1. The number of benzene rings is 2. The number of carbonyl (C=O) groups is 3. The lowest BCUT2D eigenvalue weighted by Gasteiger charge is -2.08. The fourth-order valence-corrected chi connectivity index (χ4v) is 2.71. The molecule has 142 valence electrons. The van der Waals surface area contributed by atoms with Crippen LogP contribution < -0.4 is 10.1 Å². The molecule has 0 saturated heterocycles. The second kappa shape index (κ2) is 10.3. The molecule has 2 aromatic rings. The minimum Gasteiger partial charge on any atom is -0.496 e. The average molecular weight is 391 g/mol. The molecule has 1 N–H and O–H groups in total. The van der Waals surface area contributed by atoms with Gasteiger partial charge in [-0.05, 0) is 36.4 Å². The minimum atomic E-state index is -0.599. The molecule has 0 heterocycles. The number of hydrogen-bond acceptors (Lipinski definition) is 6. The van der Waals surface area contributed by atoms with Crippen LogP contribution in [-0.2, 0) is 14.3 Å². The lowest BCUT2D eigenvalue weighted by atomic mass is 10.1. The van der Waals surface area contributed by atoms with E-state index in [4.69, 9.17) is 9.47 Å². The third-order valence-corrected chi connectivity index (χ3v) is 4.26. The summed E-state index contributed by atoms with van der Waals surface area (Å²) in [6.07, 6.45) is 0. The van der Waals surface area contributed by atoms with Crippen LogP contribution in [0.15, 0.2) is 48.5 Å². The van der Waals surface area contributed by atoms with E-state index >= 15 is 0 Å². The average Bonchev–Trinajstić information content (AvgIpc) is 2.67. The Kier molecular flexibility index (Phi) is 7.81. The minimum absolute atomic E-state index is 0.0208. The Morgan fingerprint density at radius 1 is 1.04 bits per heavy atom. The van der Waals surface area contributed by atoms with Crippen molar-refractivity contribution in [3.63, 3.8) is 0 Å². The largest absolute Gasteiger partial charge is 0.496 e. The van der Waals surface area contributed by atoms with Gasteiger partial charge in [-0.25, -0.2) is 4.39 Å². The van der Waals surface area contributed by atoms with E-state index < -0.39 is 18.4 Å². The van der Waals surface area contributed by atoms with Crippen molar-refractivity contribution < 1.29 is 28.2 Å². The fraction of sp³-hybridized carbons (Fsp3) is 0.211. The molecule has 1 amide bonds. The summed E-state index contributed by atoms with van der Waals surface area (Å²) in [7, 11) is 1.45. The van der Waals surface area contributed by atoms with Crippen LogP contribution in [0.3, 0.4) is 0 Å². The van der Waals surface area contributed by atoms with Gasteiger partial charge in [0, 0.05) is 5.69 Å². The van der Waals surface area contributed by atoms with Crippen LogP contribution in [0.5, 0.6) is 5.75 Å².